The maximum absolute atomic E-state index is 14.2. The van der Waals surface area contributed by atoms with Crippen molar-refractivity contribution in [3.63, 3.8) is 0 Å². The summed E-state index contributed by atoms with van der Waals surface area (Å²) in [6, 6.07) is 24.5. The van der Waals surface area contributed by atoms with Crippen LogP contribution in [0.3, 0.4) is 0 Å². The smallest absolute Gasteiger partial charge is 0.335 e. The SMILES string of the molecule is COc1ccc([C@H]2C(C(=O)Nc3ccccc3)=C(C)N=c3s/c(=C/c4cc(C)n(-c5cccc(C(=O)O)c5)c4C)c(=O)n32)cc1. The van der Waals surface area contributed by atoms with Crippen LogP contribution < -0.4 is 24.9 Å². The summed E-state index contributed by atoms with van der Waals surface area (Å²) in [4.78, 5) is 44.8. The zero-order valence-corrected chi connectivity index (χ0v) is 25.9. The topological polar surface area (TPSA) is 115 Å². The molecule has 0 aliphatic carbocycles. The van der Waals surface area contributed by atoms with Gasteiger partial charge in [0.2, 0.25) is 0 Å². The number of ether oxygens (including phenoxy) is 1. The van der Waals surface area contributed by atoms with Gasteiger partial charge in [-0.05, 0) is 86.5 Å². The number of methoxy groups -OCH3 is 1. The predicted octanol–water partition coefficient (Wildman–Crippen LogP) is 4.99. The number of carboxylic acid groups (broad SMARTS) is 1. The molecule has 2 N–H and O–H groups in total. The number of hydrogen-bond acceptors (Lipinski definition) is 6. The third-order valence-corrected chi connectivity index (χ3v) is 8.82. The lowest BCUT2D eigenvalue weighted by Crippen LogP contribution is -2.40. The predicted molar refractivity (Wildman–Crippen MR) is 174 cm³/mol. The first-order chi connectivity index (χ1) is 21.7. The third kappa shape index (κ3) is 5.51. The number of rotatable bonds is 7. The number of amides is 1. The lowest BCUT2D eigenvalue weighted by molar-refractivity contribution is -0.113. The molecule has 2 aromatic heterocycles. The second kappa shape index (κ2) is 11.9. The molecule has 5 aromatic rings. The van der Waals surface area contributed by atoms with Crippen LogP contribution in [0.5, 0.6) is 5.75 Å². The monoisotopic (exact) mass is 618 g/mol. The number of allylic oxidation sites excluding steroid dienone is 1. The van der Waals surface area contributed by atoms with Crippen molar-refractivity contribution in [2.24, 2.45) is 4.99 Å². The minimum absolute atomic E-state index is 0.191. The molecule has 3 aromatic carbocycles. The van der Waals surface area contributed by atoms with Gasteiger partial charge in [-0.15, -0.1) is 0 Å². The van der Waals surface area contributed by atoms with Gasteiger partial charge in [0, 0.05) is 22.8 Å². The van der Waals surface area contributed by atoms with Gasteiger partial charge in [0.15, 0.2) is 4.80 Å². The van der Waals surface area contributed by atoms with Crippen molar-refractivity contribution >= 4 is 35.0 Å². The number of para-hydroxylation sites is 1. The molecule has 0 saturated heterocycles. The van der Waals surface area contributed by atoms with Crippen molar-refractivity contribution < 1.29 is 19.4 Å². The van der Waals surface area contributed by atoms with Gasteiger partial charge in [0.05, 0.1) is 34.5 Å². The lowest BCUT2D eigenvalue weighted by Gasteiger charge is -2.25. The van der Waals surface area contributed by atoms with E-state index in [0.29, 0.717) is 32.0 Å². The van der Waals surface area contributed by atoms with Gasteiger partial charge in [-0.25, -0.2) is 9.79 Å². The van der Waals surface area contributed by atoms with Crippen LogP contribution in [0.2, 0.25) is 0 Å². The number of nitrogens with one attached hydrogen (secondary N) is 1. The average Bonchev–Trinajstić information content (AvgIpc) is 3.49. The molecule has 1 amide bonds. The van der Waals surface area contributed by atoms with Crippen molar-refractivity contribution in [1.29, 1.82) is 0 Å². The molecule has 226 valence electrons. The van der Waals surface area contributed by atoms with E-state index in [-0.39, 0.29) is 17.0 Å². The van der Waals surface area contributed by atoms with Crippen LogP contribution >= 0.6 is 11.3 Å². The Balaban J connectivity index is 1.48. The summed E-state index contributed by atoms with van der Waals surface area (Å²) < 4.78 is 9.37. The summed E-state index contributed by atoms with van der Waals surface area (Å²) >= 11 is 1.26. The highest BCUT2D eigenvalue weighted by atomic mass is 32.1. The molecule has 45 heavy (non-hydrogen) atoms. The Morgan fingerprint density at radius 1 is 0.978 bits per heavy atom. The molecule has 6 rings (SSSR count). The number of thiazole rings is 1. The zero-order valence-electron chi connectivity index (χ0n) is 25.1. The Labute approximate surface area is 262 Å². The van der Waals surface area contributed by atoms with Gasteiger partial charge >= 0.3 is 5.97 Å². The molecule has 0 bridgehead atoms. The highest BCUT2D eigenvalue weighted by Gasteiger charge is 2.32. The van der Waals surface area contributed by atoms with Crippen LogP contribution in [0, 0.1) is 13.8 Å². The van der Waals surface area contributed by atoms with Gasteiger partial charge in [-0.2, -0.15) is 0 Å². The van der Waals surface area contributed by atoms with E-state index in [4.69, 9.17) is 9.73 Å². The highest BCUT2D eigenvalue weighted by molar-refractivity contribution is 7.07. The van der Waals surface area contributed by atoms with Crippen LogP contribution in [0.15, 0.2) is 106 Å². The van der Waals surface area contributed by atoms with E-state index in [9.17, 15) is 19.5 Å². The van der Waals surface area contributed by atoms with E-state index in [2.05, 4.69) is 5.32 Å². The first kappa shape index (κ1) is 29.6. The summed E-state index contributed by atoms with van der Waals surface area (Å²) in [5.74, 6) is -0.685. The van der Waals surface area contributed by atoms with Gasteiger partial charge in [-0.3, -0.25) is 14.2 Å². The number of carboxylic acids is 1. The van der Waals surface area contributed by atoms with E-state index in [1.807, 2.05) is 79.1 Å². The molecular formula is C35H30N4O5S. The number of fused-ring (bicyclic) bond motifs is 1. The molecule has 1 aliphatic rings. The van der Waals surface area contributed by atoms with Crippen molar-refractivity contribution in [1.82, 2.24) is 9.13 Å². The number of aryl methyl sites for hydroxylation is 1. The fraction of sp³-hybridized carbons (Fsp3) is 0.143. The van der Waals surface area contributed by atoms with Crippen LogP contribution in [0.25, 0.3) is 11.8 Å². The number of nitrogens with zero attached hydrogens (tertiary/aromatic N) is 3. The number of benzene rings is 3. The molecule has 10 heteroatoms. The average molecular weight is 619 g/mol. The van der Waals surface area contributed by atoms with E-state index in [1.54, 1.807) is 48.9 Å². The number of carbonyl (C=O) groups is 2. The molecule has 1 atom stereocenters. The molecule has 1 aliphatic heterocycles. The summed E-state index contributed by atoms with van der Waals surface area (Å²) in [5.41, 5.74) is 5.48. The molecule has 0 radical (unpaired) electrons. The standard InChI is InChI=1S/C35H30N4O5S/c1-20-17-25(22(3)38(20)27-12-8-9-24(18-27)34(42)43)19-29-33(41)39-31(23-13-15-28(44-4)16-14-23)30(21(2)36-35(39)45-29)32(40)37-26-10-6-5-7-11-26/h5-19,31H,1-4H3,(H,37,40)(H,42,43)/b29-19+/t31-/m0/s1. The van der Waals surface area contributed by atoms with Gasteiger partial charge in [0.25, 0.3) is 11.5 Å². The summed E-state index contributed by atoms with van der Waals surface area (Å²) in [6.45, 7) is 5.65. The lowest BCUT2D eigenvalue weighted by atomic mass is 9.95. The maximum atomic E-state index is 14.2. The highest BCUT2D eigenvalue weighted by Crippen LogP contribution is 2.32. The summed E-state index contributed by atoms with van der Waals surface area (Å²) in [5, 5.41) is 12.4. The van der Waals surface area contributed by atoms with E-state index >= 15 is 0 Å². The largest absolute Gasteiger partial charge is 0.497 e. The first-order valence-electron chi connectivity index (χ1n) is 14.2. The van der Waals surface area contributed by atoms with Crippen LogP contribution in [-0.4, -0.2) is 33.2 Å². The number of aromatic nitrogens is 2. The minimum Gasteiger partial charge on any atom is -0.497 e. The fourth-order valence-electron chi connectivity index (χ4n) is 5.68. The maximum Gasteiger partial charge on any atom is 0.335 e. The first-order valence-corrected chi connectivity index (χ1v) is 15.0. The Kier molecular flexibility index (Phi) is 7.82. The fourth-order valence-corrected chi connectivity index (χ4v) is 6.72. The molecule has 0 fully saturated rings. The summed E-state index contributed by atoms with van der Waals surface area (Å²) in [6.07, 6.45) is 1.83. The van der Waals surface area contributed by atoms with E-state index < -0.39 is 12.0 Å². The Hall–Kier alpha value is -5.48. The van der Waals surface area contributed by atoms with Crippen LogP contribution in [0.1, 0.15) is 45.8 Å². The number of anilines is 1. The molecule has 0 saturated carbocycles. The second-order valence-corrected chi connectivity index (χ2v) is 11.7. The van der Waals surface area contributed by atoms with Crippen LogP contribution in [0.4, 0.5) is 5.69 Å². The number of hydrogen-bond donors (Lipinski definition) is 2. The van der Waals surface area contributed by atoms with Crippen molar-refractivity contribution in [2.75, 3.05) is 12.4 Å². The Bertz CT molecular complexity index is 2170. The Morgan fingerprint density at radius 3 is 2.40 bits per heavy atom. The molecular weight excluding hydrogens is 588 g/mol. The van der Waals surface area contributed by atoms with Crippen molar-refractivity contribution in [3.8, 4) is 11.4 Å². The van der Waals surface area contributed by atoms with E-state index in [1.165, 1.54) is 11.3 Å². The third-order valence-electron chi connectivity index (χ3n) is 7.84. The minimum atomic E-state index is -1.00. The van der Waals surface area contributed by atoms with Crippen molar-refractivity contribution in [2.45, 2.75) is 26.8 Å². The molecule has 0 spiro atoms. The van der Waals surface area contributed by atoms with Gasteiger partial charge in [0.1, 0.15) is 5.75 Å². The van der Waals surface area contributed by atoms with Gasteiger partial charge < -0.3 is 19.7 Å². The number of carbonyl (C=O) groups excluding carboxylic acids is 1. The molecule has 9 nitrogen and oxygen atoms in total. The van der Waals surface area contributed by atoms with E-state index in [0.717, 1.165) is 28.2 Å². The quantitative estimate of drug-likeness (QED) is 0.267. The zero-order chi connectivity index (χ0) is 31.8. The normalized spacial score (nSPS) is 14.6. The molecule has 3 heterocycles. The summed E-state index contributed by atoms with van der Waals surface area (Å²) in [7, 11) is 1.58. The van der Waals surface area contributed by atoms with Crippen molar-refractivity contribution in [3.05, 3.63) is 144 Å². The van der Waals surface area contributed by atoms with Gasteiger partial charge in [-0.1, -0.05) is 47.7 Å². The van der Waals surface area contributed by atoms with Crippen LogP contribution in [-0.2, 0) is 4.79 Å². The second-order valence-electron chi connectivity index (χ2n) is 10.7. The molecule has 0 unspecified atom stereocenters. The number of aromatic carboxylic acids is 1. The Morgan fingerprint density at radius 2 is 1.71 bits per heavy atom.